The molecule has 5 aromatic rings. The van der Waals surface area contributed by atoms with Gasteiger partial charge in [-0.25, -0.2) is 13.2 Å². The second-order valence-electron chi connectivity index (χ2n) is 9.48. The summed E-state index contributed by atoms with van der Waals surface area (Å²) in [5.41, 5.74) is 3.50. The second-order valence-corrected chi connectivity index (χ2v) is 11.1. The molecular formula is C29H30N6O7S. The number of amides is 1. The maximum atomic E-state index is 13.7. The molecule has 43 heavy (non-hydrogen) atoms. The van der Waals surface area contributed by atoms with Gasteiger partial charge in [-0.2, -0.15) is 5.10 Å². The van der Waals surface area contributed by atoms with Gasteiger partial charge in [-0.05, 0) is 47.9 Å². The number of ether oxygens (including phenoxy) is 3. The van der Waals surface area contributed by atoms with Gasteiger partial charge in [0.2, 0.25) is 0 Å². The number of pyridine rings is 1. The van der Waals surface area contributed by atoms with Crippen LogP contribution in [-0.4, -0.2) is 48.7 Å². The minimum Gasteiger partial charge on any atom is -0.496 e. The molecule has 0 unspecified atom stereocenters. The van der Waals surface area contributed by atoms with Gasteiger partial charge in [-0.3, -0.25) is 14.4 Å². The Kier molecular flexibility index (Phi) is 8.76. The number of fused-ring (bicyclic) bond motifs is 1. The average Bonchev–Trinajstić information content (AvgIpc) is 3.65. The van der Waals surface area contributed by atoms with Gasteiger partial charge >= 0.3 is 6.09 Å². The molecule has 0 atom stereocenters. The molecule has 0 aliphatic rings. The van der Waals surface area contributed by atoms with Crippen molar-refractivity contribution in [1.29, 1.82) is 0 Å². The molecular weight excluding hydrogens is 576 g/mol. The largest absolute Gasteiger partial charge is 0.496 e. The third-order valence-electron chi connectivity index (χ3n) is 6.53. The van der Waals surface area contributed by atoms with Crippen molar-refractivity contribution in [3.63, 3.8) is 0 Å². The van der Waals surface area contributed by atoms with Gasteiger partial charge in [0, 0.05) is 36.3 Å². The molecule has 3 heterocycles. The highest BCUT2D eigenvalue weighted by Gasteiger charge is 2.25. The Labute approximate surface area is 247 Å². The van der Waals surface area contributed by atoms with Crippen molar-refractivity contribution >= 4 is 32.9 Å². The quantitative estimate of drug-likeness (QED) is 0.210. The van der Waals surface area contributed by atoms with E-state index in [0.717, 1.165) is 22.3 Å². The van der Waals surface area contributed by atoms with Crippen molar-refractivity contribution < 1.29 is 31.9 Å². The Balaban J connectivity index is 1.39. The number of hydrogen-bond donors (Lipinski definition) is 2. The highest BCUT2D eigenvalue weighted by molar-refractivity contribution is 7.92. The number of aryl methyl sites for hydroxylation is 1. The van der Waals surface area contributed by atoms with Crippen LogP contribution in [0.5, 0.6) is 11.5 Å². The van der Waals surface area contributed by atoms with Gasteiger partial charge in [-0.15, -0.1) is 0 Å². The van der Waals surface area contributed by atoms with Crippen LogP contribution in [0, 0.1) is 0 Å². The lowest BCUT2D eigenvalue weighted by Crippen LogP contribution is -2.21. The predicted molar refractivity (Wildman–Crippen MR) is 156 cm³/mol. The number of sulfonamides is 1. The van der Waals surface area contributed by atoms with E-state index in [-0.39, 0.29) is 29.6 Å². The van der Waals surface area contributed by atoms with Crippen molar-refractivity contribution in [2.24, 2.45) is 0 Å². The molecule has 224 valence electrons. The van der Waals surface area contributed by atoms with Gasteiger partial charge in [0.25, 0.3) is 10.0 Å². The summed E-state index contributed by atoms with van der Waals surface area (Å²) in [7, 11) is -1.39. The lowest BCUT2D eigenvalue weighted by molar-refractivity contribution is 0.170. The lowest BCUT2D eigenvalue weighted by atomic mass is 10.1. The molecule has 0 saturated carbocycles. The molecule has 2 aromatic carbocycles. The Morgan fingerprint density at radius 2 is 1.88 bits per heavy atom. The van der Waals surface area contributed by atoms with E-state index in [4.69, 9.17) is 14.0 Å². The fraction of sp³-hybridized carbons (Fsp3) is 0.241. The Morgan fingerprint density at radius 3 is 2.63 bits per heavy atom. The Bertz CT molecular complexity index is 1840. The van der Waals surface area contributed by atoms with Crippen LogP contribution < -0.4 is 19.5 Å². The number of nitrogens with zero attached hydrogens (tertiary/aromatic N) is 4. The van der Waals surface area contributed by atoms with Crippen molar-refractivity contribution in [2.45, 2.75) is 37.9 Å². The van der Waals surface area contributed by atoms with E-state index in [9.17, 15) is 13.2 Å². The van der Waals surface area contributed by atoms with E-state index in [1.54, 1.807) is 59.8 Å². The van der Waals surface area contributed by atoms with Crippen LogP contribution in [0.1, 0.15) is 29.2 Å². The fourth-order valence-corrected chi connectivity index (χ4v) is 5.56. The minimum atomic E-state index is -4.16. The topological polar surface area (TPSA) is 160 Å². The van der Waals surface area contributed by atoms with Crippen molar-refractivity contribution in [3.8, 4) is 11.5 Å². The van der Waals surface area contributed by atoms with E-state index < -0.39 is 16.1 Å². The first kappa shape index (κ1) is 29.4. The molecule has 0 fully saturated rings. The zero-order valence-corrected chi connectivity index (χ0v) is 24.6. The number of aromatic nitrogens is 4. The zero-order chi connectivity index (χ0) is 30.4. The summed E-state index contributed by atoms with van der Waals surface area (Å²) >= 11 is 0. The van der Waals surface area contributed by atoms with Crippen molar-refractivity contribution in [3.05, 3.63) is 89.5 Å². The number of methoxy groups -OCH3 is 2. The van der Waals surface area contributed by atoms with E-state index in [1.165, 1.54) is 14.2 Å². The number of benzene rings is 2. The number of alkyl carbamates (subject to hydrolysis) is 1. The number of nitrogens with one attached hydrogen (secondary N) is 2. The monoisotopic (exact) mass is 606 g/mol. The number of carbonyl (C=O) groups excluding carboxylic acids is 1. The predicted octanol–water partition coefficient (Wildman–Crippen LogP) is 4.27. The number of anilines is 1. The summed E-state index contributed by atoms with van der Waals surface area (Å²) in [6.07, 6.45) is 6.82. The summed E-state index contributed by atoms with van der Waals surface area (Å²) < 4.78 is 53.2. The van der Waals surface area contributed by atoms with Gasteiger partial charge in [0.05, 0.1) is 27.0 Å². The maximum absolute atomic E-state index is 13.7. The molecule has 0 bridgehead atoms. The van der Waals surface area contributed by atoms with E-state index in [1.807, 2.05) is 19.1 Å². The molecule has 0 spiro atoms. The van der Waals surface area contributed by atoms with Crippen molar-refractivity contribution in [2.75, 3.05) is 18.9 Å². The van der Waals surface area contributed by atoms with Crippen LogP contribution in [0.4, 0.5) is 10.6 Å². The van der Waals surface area contributed by atoms with E-state index in [2.05, 4.69) is 30.0 Å². The average molecular weight is 607 g/mol. The van der Waals surface area contributed by atoms with Gasteiger partial charge in [0.15, 0.2) is 11.4 Å². The molecule has 5 rings (SSSR count). The lowest BCUT2D eigenvalue weighted by Gasteiger charge is -2.14. The SMILES string of the molecule is CCc1ccc(OCc2cccnc2)c(S(=O)(=O)Nc2noc3cc(Cn4cc(CNC(=O)OC)cn4)cc(OC)c23)c1. The number of carbonyl (C=O) groups is 1. The summed E-state index contributed by atoms with van der Waals surface area (Å²) in [5, 5.41) is 11.3. The first-order valence-electron chi connectivity index (χ1n) is 13.3. The molecule has 0 radical (unpaired) electrons. The molecule has 14 heteroatoms. The summed E-state index contributed by atoms with van der Waals surface area (Å²) in [6.45, 7) is 2.70. The molecule has 3 aromatic heterocycles. The molecule has 0 aliphatic carbocycles. The van der Waals surface area contributed by atoms with Crippen LogP contribution >= 0.6 is 0 Å². The van der Waals surface area contributed by atoms with Crippen LogP contribution in [0.3, 0.4) is 0 Å². The molecule has 13 nitrogen and oxygen atoms in total. The highest BCUT2D eigenvalue weighted by atomic mass is 32.2. The Hall–Kier alpha value is -5.11. The fourth-order valence-electron chi connectivity index (χ4n) is 4.36. The van der Waals surface area contributed by atoms with Crippen LogP contribution in [0.25, 0.3) is 11.0 Å². The smallest absolute Gasteiger partial charge is 0.407 e. The first-order valence-corrected chi connectivity index (χ1v) is 14.7. The summed E-state index contributed by atoms with van der Waals surface area (Å²) in [5.74, 6) is 0.534. The number of rotatable bonds is 12. The van der Waals surface area contributed by atoms with Crippen molar-refractivity contribution in [1.82, 2.24) is 25.2 Å². The molecule has 0 aliphatic heterocycles. The van der Waals surface area contributed by atoms with Gasteiger partial charge in [-0.1, -0.05) is 24.2 Å². The summed E-state index contributed by atoms with van der Waals surface area (Å²) in [4.78, 5) is 15.4. The van der Waals surface area contributed by atoms with Gasteiger partial charge in [0.1, 0.15) is 28.4 Å². The molecule has 0 saturated heterocycles. The standard InChI is InChI=1S/C29H30N6O7S/c1-4-19-7-8-23(41-18-20-6-5-9-30-13-20)26(12-19)43(37,38)34-28-27-24(39-2)10-21(11-25(27)42-33-28)16-35-17-22(15-32-35)14-31-29(36)40-3/h5-13,15,17H,4,14,16,18H2,1-3H3,(H,31,36)(H,33,34). The Morgan fingerprint density at radius 1 is 1.02 bits per heavy atom. The normalized spacial score (nSPS) is 11.3. The minimum absolute atomic E-state index is 0.0197. The molecule has 1 amide bonds. The zero-order valence-electron chi connectivity index (χ0n) is 23.7. The highest BCUT2D eigenvalue weighted by Crippen LogP contribution is 2.36. The van der Waals surface area contributed by atoms with Crippen LogP contribution in [0.2, 0.25) is 0 Å². The number of hydrogen-bond acceptors (Lipinski definition) is 10. The third-order valence-corrected chi connectivity index (χ3v) is 7.89. The van der Waals surface area contributed by atoms with Crippen LogP contribution in [-0.2, 0) is 40.9 Å². The van der Waals surface area contributed by atoms with Gasteiger partial charge < -0.3 is 24.1 Å². The summed E-state index contributed by atoms with van der Waals surface area (Å²) in [6, 6.07) is 12.2. The maximum Gasteiger partial charge on any atom is 0.407 e. The second kappa shape index (κ2) is 12.8. The first-order chi connectivity index (χ1) is 20.8. The van der Waals surface area contributed by atoms with E-state index >= 15 is 0 Å². The third kappa shape index (κ3) is 6.86. The van der Waals surface area contributed by atoms with E-state index in [0.29, 0.717) is 29.7 Å². The molecule has 2 N–H and O–H groups in total. The van der Waals surface area contributed by atoms with Crippen LogP contribution in [0.15, 0.2) is 76.7 Å².